The zero-order valence-electron chi connectivity index (χ0n) is 9.36. The molecule has 1 atom stereocenters. The third-order valence-corrected chi connectivity index (χ3v) is 2.82. The highest BCUT2D eigenvalue weighted by atomic mass is 19.1. The van der Waals surface area contributed by atoms with Gasteiger partial charge >= 0.3 is 0 Å². The van der Waals surface area contributed by atoms with Gasteiger partial charge in [-0.15, -0.1) is 0 Å². The fourth-order valence-electron chi connectivity index (χ4n) is 1.88. The lowest BCUT2D eigenvalue weighted by Crippen LogP contribution is -1.98. The number of hydrogen-bond donors (Lipinski definition) is 0. The molecule has 0 aliphatic heterocycles. The average Bonchev–Trinajstić information content (AvgIpc) is 2.31. The fraction of sp³-hybridized carbons (Fsp3) is 0.200. The summed E-state index contributed by atoms with van der Waals surface area (Å²) >= 11 is 0. The molecule has 1 heteroatoms. The molecule has 1 unspecified atom stereocenters. The Bertz CT molecular complexity index is 431. The summed E-state index contributed by atoms with van der Waals surface area (Å²) in [5.41, 5.74) is 2.50. The molecular formula is C15H15F. The van der Waals surface area contributed by atoms with Crippen LogP contribution < -0.4 is 0 Å². The van der Waals surface area contributed by atoms with E-state index in [9.17, 15) is 4.39 Å². The minimum absolute atomic E-state index is 0.171. The second-order valence-electron chi connectivity index (χ2n) is 4.14. The molecule has 82 valence electrons. The van der Waals surface area contributed by atoms with Crippen molar-refractivity contribution in [2.24, 2.45) is 0 Å². The maximum Gasteiger partial charge on any atom is 0.123 e. The summed E-state index contributed by atoms with van der Waals surface area (Å²) in [4.78, 5) is 0. The maximum absolute atomic E-state index is 12.8. The number of halogens is 1. The lowest BCUT2D eigenvalue weighted by atomic mass is 9.94. The Labute approximate surface area is 95.7 Å². The molecule has 0 amide bonds. The van der Waals surface area contributed by atoms with Gasteiger partial charge in [0.25, 0.3) is 0 Å². The molecule has 0 aliphatic rings. The minimum Gasteiger partial charge on any atom is -0.207 e. The van der Waals surface area contributed by atoms with Crippen molar-refractivity contribution in [2.75, 3.05) is 0 Å². The summed E-state index contributed by atoms with van der Waals surface area (Å²) in [7, 11) is 0. The van der Waals surface area contributed by atoms with Gasteiger partial charge in [-0.3, -0.25) is 0 Å². The Morgan fingerprint density at radius 3 is 2.19 bits per heavy atom. The van der Waals surface area contributed by atoms with Gasteiger partial charge in [0.2, 0.25) is 0 Å². The van der Waals surface area contributed by atoms with E-state index in [1.165, 1.54) is 23.3 Å². The first kappa shape index (κ1) is 10.9. The summed E-state index contributed by atoms with van der Waals surface area (Å²) in [6.45, 7) is 2.17. The molecule has 2 rings (SSSR count). The van der Waals surface area contributed by atoms with Crippen molar-refractivity contribution in [3.63, 3.8) is 0 Å². The van der Waals surface area contributed by atoms with E-state index in [4.69, 9.17) is 0 Å². The van der Waals surface area contributed by atoms with Gasteiger partial charge in [0.15, 0.2) is 0 Å². The van der Waals surface area contributed by atoms with E-state index in [2.05, 4.69) is 19.1 Å². The topological polar surface area (TPSA) is 0 Å². The normalized spacial score (nSPS) is 12.4. The van der Waals surface area contributed by atoms with Crippen molar-refractivity contribution in [1.82, 2.24) is 0 Å². The summed E-state index contributed by atoms with van der Waals surface area (Å²) in [5, 5.41) is 0. The van der Waals surface area contributed by atoms with Gasteiger partial charge in [0.05, 0.1) is 0 Å². The fourth-order valence-corrected chi connectivity index (χ4v) is 1.88. The second-order valence-corrected chi connectivity index (χ2v) is 4.14. The van der Waals surface area contributed by atoms with Gasteiger partial charge in [0.1, 0.15) is 5.82 Å². The lowest BCUT2D eigenvalue weighted by Gasteiger charge is -2.11. The molecule has 0 fully saturated rings. The molecule has 0 spiro atoms. The second kappa shape index (κ2) is 4.93. The van der Waals surface area contributed by atoms with Gasteiger partial charge in [-0.1, -0.05) is 49.4 Å². The Kier molecular flexibility index (Phi) is 3.35. The highest BCUT2D eigenvalue weighted by Gasteiger charge is 2.06. The Hall–Kier alpha value is -1.63. The van der Waals surface area contributed by atoms with Crippen LogP contribution in [0.2, 0.25) is 0 Å². The van der Waals surface area contributed by atoms with Crippen LogP contribution in [0, 0.1) is 5.82 Å². The summed E-state index contributed by atoms with van der Waals surface area (Å²) in [6.07, 6.45) is 0.993. The van der Waals surface area contributed by atoms with Crippen LogP contribution in [-0.2, 0) is 6.42 Å². The van der Waals surface area contributed by atoms with Crippen LogP contribution in [0.1, 0.15) is 24.0 Å². The first-order chi connectivity index (χ1) is 7.75. The van der Waals surface area contributed by atoms with E-state index >= 15 is 0 Å². The molecule has 0 saturated heterocycles. The third-order valence-electron chi connectivity index (χ3n) is 2.82. The Balaban J connectivity index is 2.09. The van der Waals surface area contributed by atoms with Crippen molar-refractivity contribution < 1.29 is 4.39 Å². The molecule has 0 aromatic heterocycles. The molecule has 2 aromatic carbocycles. The third kappa shape index (κ3) is 2.69. The van der Waals surface area contributed by atoms with Gasteiger partial charge in [-0.05, 0) is 35.6 Å². The molecule has 0 bridgehead atoms. The quantitative estimate of drug-likeness (QED) is 0.719. The summed E-state index contributed by atoms with van der Waals surface area (Å²) < 4.78 is 12.8. The van der Waals surface area contributed by atoms with E-state index in [0.717, 1.165) is 6.42 Å². The average molecular weight is 214 g/mol. The predicted molar refractivity (Wildman–Crippen MR) is 65.0 cm³/mol. The Morgan fingerprint density at radius 2 is 1.56 bits per heavy atom. The van der Waals surface area contributed by atoms with Gasteiger partial charge in [0, 0.05) is 0 Å². The van der Waals surface area contributed by atoms with Crippen LogP contribution in [0.25, 0.3) is 0 Å². The zero-order chi connectivity index (χ0) is 11.4. The van der Waals surface area contributed by atoms with Crippen LogP contribution in [-0.4, -0.2) is 0 Å². The number of rotatable bonds is 3. The minimum atomic E-state index is -0.171. The van der Waals surface area contributed by atoms with E-state index in [1.807, 2.05) is 30.3 Å². The highest BCUT2D eigenvalue weighted by Crippen LogP contribution is 2.20. The number of benzene rings is 2. The largest absolute Gasteiger partial charge is 0.207 e. The monoisotopic (exact) mass is 214 g/mol. The van der Waals surface area contributed by atoms with E-state index in [0.29, 0.717) is 5.92 Å². The first-order valence-electron chi connectivity index (χ1n) is 5.55. The summed E-state index contributed by atoms with van der Waals surface area (Å²) in [6, 6.07) is 17.1. The van der Waals surface area contributed by atoms with Gasteiger partial charge in [-0.2, -0.15) is 0 Å². The van der Waals surface area contributed by atoms with Crippen molar-refractivity contribution in [1.29, 1.82) is 0 Å². The van der Waals surface area contributed by atoms with Crippen LogP contribution >= 0.6 is 0 Å². The molecule has 0 nitrogen and oxygen atoms in total. The van der Waals surface area contributed by atoms with Crippen molar-refractivity contribution in [2.45, 2.75) is 19.3 Å². The molecule has 0 heterocycles. The molecule has 2 aromatic rings. The lowest BCUT2D eigenvalue weighted by molar-refractivity contribution is 0.625. The van der Waals surface area contributed by atoms with E-state index in [1.54, 1.807) is 0 Å². The molecule has 0 saturated carbocycles. The Morgan fingerprint density at radius 1 is 0.938 bits per heavy atom. The maximum atomic E-state index is 12.8. The first-order valence-corrected chi connectivity index (χ1v) is 5.55. The molecule has 0 N–H and O–H groups in total. The van der Waals surface area contributed by atoms with Crippen LogP contribution in [0.15, 0.2) is 54.6 Å². The molecule has 0 aliphatic carbocycles. The smallest absolute Gasteiger partial charge is 0.123 e. The van der Waals surface area contributed by atoms with Crippen LogP contribution in [0.5, 0.6) is 0 Å². The van der Waals surface area contributed by atoms with Crippen molar-refractivity contribution in [3.05, 3.63) is 71.5 Å². The van der Waals surface area contributed by atoms with Crippen molar-refractivity contribution >= 4 is 0 Å². The standard InChI is InChI=1S/C15H15F/c1-12(11-13-5-3-2-4-6-13)14-7-9-15(16)10-8-14/h2-10,12H,11H2,1H3. The van der Waals surface area contributed by atoms with Crippen molar-refractivity contribution in [3.8, 4) is 0 Å². The van der Waals surface area contributed by atoms with Gasteiger partial charge in [-0.25, -0.2) is 4.39 Å². The highest BCUT2D eigenvalue weighted by molar-refractivity contribution is 5.24. The molecule has 16 heavy (non-hydrogen) atoms. The van der Waals surface area contributed by atoms with Gasteiger partial charge < -0.3 is 0 Å². The molecule has 0 radical (unpaired) electrons. The van der Waals surface area contributed by atoms with Crippen LogP contribution in [0.4, 0.5) is 4.39 Å². The molecular weight excluding hydrogens is 199 g/mol. The van der Waals surface area contributed by atoms with E-state index in [-0.39, 0.29) is 5.82 Å². The number of hydrogen-bond acceptors (Lipinski definition) is 0. The predicted octanol–water partition coefficient (Wildman–Crippen LogP) is 4.17. The zero-order valence-corrected chi connectivity index (χ0v) is 9.36. The SMILES string of the molecule is CC(Cc1ccccc1)c1ccc(F)cc1. The van der Waals surface area contributed by atoms with E-state index < -0.39 is 0 Å². The van der Waals surface area contributed by atoms with Crippen LogP contribution in [0.3, 0.4) is 0 Å². The summed E-state index contributed by atoms with van der Waals surface area (Å²) in [5.74, 6) is 0.249.